The summed E-state index contributed by atoms with van der Waals surface area (Å²) in [6.45, 7) is 0.454. The summed E-state index contributed by atoms with van der Waals surface area (Å²) < 4.78 is 11.5. The highest BCUT2D eigenvalue weighted by Gasteiger charge is 2.22. The summed E-state index contributed by atoms with van der Waals surface area (Å²) in [7, 11) is 0. The van der Waals surface area contributed by atoms with E-state index < -0.39 is 0 Å². The van der Waals surface area contributed by atoms with Gasteiger partial charge in [-0.25, -0.2) is 4.98 Å². The second-order valence-electron chi connectivity index (χ2n) is 6.06. The topological polar surface area (TPSA) is 60.5 Å². The molecule has 2 heterocycles. The molecule has 1 aliphatic heterocycles. The third-order valence-electron chi connectivity index (χ3n) is 4.17. The number of nitrogens with one attached hydrogen (secondary N) is 1. The molecule has 1 atom stereocenters. The first-order valence-electron chi connectivity index (χ1n) is 8.50. The molecule has 4 rings (SSSR count). The summed E-state index contributed by atoms with van der Waals surface area (Å²) >= 11 is 0. The van der Waals surface area contributed by atoms with Crippen LogP contribution in [-0.2, 0) is 6.42 Å². The van der Waals surface area contributed by atoms with Gasteiger partial charge >= 0.3 is 0 Å². The fourth-order valence-electron chi connectivity index (χ4n) is 2.86. The summed E-state index contributed by atoms with van der Waals surface area (Å²) in [5, 5.41) is 2.90. The van der Waals surface area contributed by atoms with Crippen molar-refractivity contribution in [2.75, 3.05) is 6.54 Å². The average molecular weight is 346 g/mol. The molecule has 1 aromatic heterocycles. The van der Waals surface area contributed by atoms with Gasteiger partial charge in [0.1, 0.15) is 17.6 Å². The Morgan fingerprint density at radius 3 is 2.65 bits per heavy atom. The second kappa shape index (κ2) is 7.27. The number of hydrogen-bond donors (Lipinski definition) is 1. The Morgan fingerprint density at radius 1 is 1.08 bits per heavy atom. The molecule has 0 saturated carbocycles. The van der Waals surface area contributed by atoms with Crippen LogP contribution in [0.3, 0.4) is 0 Å². The normalized spacial score (nSPS) is 15.0. The molecular formula is C21H18N2O3. The van der Waals surface area contributed by atoms with Crippen LogP contribution in [0.15, 0.2) is 72.9 Å². The summed E-state index contributed by atoms with van der Waals surface area (Å²) in [6, 6.07) is 20.7. The number of aromatic nitrogens is 1. The maximum absolute atomic E-state index is 12.3. The van der Waals surface area contributed by atoms with E-state index in [2.05, 4.69) is 10.3 Å². The van der Waals surface area contributed by atoms with Crippen molar-refractivity contribution < 1.29 is 14.3 Å². The predicted molar refractivity (Wildman–Crippen MR) is 97.6 cm³/mol. The molecule has 2 aromatic carbocycles. The van der Waals surface area contributed by atoms with Gasteiger partial charge in [-0.2, -0.15) is 0 Å². The van der Waals surface area contributed by atoms with Crippen LogP contribution in [0, 0.1) is 0 Å². The molecule has 1 N–H and O–H groups in total. The molecule has 0 radical (unpaired) electrons. The standard InChI is InChI=1S/C21H18N2O3/c24-21(23-14-18-12-15-6-4-5-9-19(15)25-18)16-10-11-20(22-13-16)26-17-7-2-1-3-8-17/h1-11,13,18H,12,14H2,(H,23,24)/t18-/m1/s1. The number of carbonyl (C=O) groups is 1. The minimum absolute atomic E-state index is 0.0370. The first kappa shape index (κ1) is 16.1. The van der Waals surface area contributed by atoms with Gasteiger partial charge < -0.3 is 14.8 Å². The molecule has 5 heteroatoms. The van der Waals surface area contributed by atoms with Crippen molar-refractivity contribution in [3.63, 3.8) is 0 Å². The zero-order valence-electron chi connectivity index (χ0n) is 14.1. The Bertz CT molecular complexity index is 870. The van der Waals surface area contributed by atoms with E-state index in [1.54, 1.807) is 12.1 Å². The van der Waals surface area contributed by atoms with E-state index in [-0.39, 0.29) is 12.0 Å². The van der Waals surface area contributed by atoms with Crippen molar-refractivity contribution in [1.82, 2.24) is 10.3 Å². The molecule has 0 saturated heterocycles. The van der Waals surface area contributed by atoms with Gasteiger partial charge in [-0.1, -0.05) is 36.4 Å². The number of para-hydroxylation sites is 2. The molecule has 26 heavy (non-hydrogen) atoms. The third kappa shape index (κ3) is 3.67. The van der Waals surface area contributed by atoms with E-state index in [0.29, 0.717) is 23.7 Å². The quantitative estimate of drug-likeness (QED) is 0.767. The van der Waals surface area contributed by atoms with Crippen LogP contribution in [0.1, 0.15) is 15.9 Å². The monoisotopic (exact) mass is 346 g/mol. The molecular weight excluding hydrogens is 328 g/mol. The Hall–Kier alpha value is -3.34. The van der Waals surface area contributed by atoms with Crippen molar-refractivity contribution in [1.29, 1.82) is 0 Å². The van der Waals surface area contributed by atoms with Gasteiger partial charge in [0, 0.05) is 18.7 Å². The van der Waals surface area contributed by atoms with Crippen molar-refractivity contribution in [2.24, 2.45) is 0 Å². The van der Waals surface area contributed by atoms with E-state index in [1.807, 2.05) is 54.6 Å². The number of benzene rings is 2. The lowest BCUT2D eigenvalue weighted by molar-refractivity contribution is 0.0933. The number of hydrogen-bond acceptors (Lipinski definition) is 4. The van der Waals surface area contributed by atoms with Gasteiger partial charge in [0.2, 0.25) is 5.88 Å². The van der Waals surface area contributed by atoms with Crippen molar-refractivity contribution in [3.05, 3.63) is 84.1 Å². The van der Waals surface area contributed by atoms with E-state index in [0.717, 1.165) is 12.2 Å². The average Bonchev–Trinajstić information content (AvgIpc) is 3.10. The smallest absolute Gasteiger partial charge is 0.252 e. The molecule has 0 unspecified atom stereocenters. The zero-order valence-corrected chi connectivity index (χ0v) is 14.1. The highest BCUT2D eigenvalue weighted by Crippen LogP contribution is 2.27. The molecule has 0 fully saturated rings. The Balaban J connectivity index is 1.31. The van der Waals surface area contributed by atoms with Crippen molar-refractivity contribution >= 4 is 5.91 Å². The van der Waals surface area contributed by atoms with Gasteiger partial charge in [0.05, 0.1) is 12.1 Å². The molecule has 3 aromatic rings. The molecule has 1 amide bonds. The first-order chi connectivity index (χ1) is 12.8. The molecule has 0 spiro atoms. The maximum Gasteiger partial charge on any atom is 0.252 e. The Labute approximate surface area is 151 Å². The summed E-state index contributed by atoms with van der Waals surface area (Å²) in [6.07, 6.45) is 2.28. The van der Waals surface area contributed by atoms with Gasteiger partial charge in [0.25, 0.3) is 5.91 Å². The number of pyridine rings is 1. The van der Waals surface area contributed by atoms with Gasteiger partial charge in [-0.05, 0) is 29.8 Å². The molecule has 130 valence electrons. The fourth-order valence-corrected chi connectivity index (χ4v) is 2.86. The fraction of sp³-hybridized carbons (Fsp3) is 0.143. The van der Waals surface area contributed by atoms with Crippen molar-refractivity contribution in [2.45, 2.75) is 12.5 Å². The van der Waals surface area contributed by atoms with Crippen molar-refractivity contribution in [3.8, 4) is 17.4 Å². The number of carbonyl (C=O) groups excluding carboxylic acids is 1. The SMILES string of the molecule is O=C(NC[C@H]1Cc2ccccc2O1)c1ccc(Oc2ccccc2)nc1. The van der Waals surface area contributed by atoms with Gasteiger partial charge in [-0.3, -0.25) is 4.79 Å². The number of fused-ring (bicyclic) bond motifs is 1. The van der Waals surface area contributed by atoms with E-state index >= 15 is 0 Å². The Kier molecular flexibility index (Phi) is 4.51. The number of ether oxygens (including phenoxy) is 2. The molecule has 1 aliphatic rings. The highest BCUT2D eigenvalue weighted by atomic mass is 16.5. The van der Waals surface area contributed by atoms with Gasteiger partial charge in [-0.15, -0.1) is 0 Å². The first-order valence-corrected chi connectivity index (χ1v) is 8.50. The lowest BCUT2D eigenvalue weighted by Crippen LogP contribution is -2.34. The largest absolute Gasteiger partial charge is 0.488 e. The molecule has 5 nitrogen and oxygen atoms in total. The minimum Gasteiger partial charge on any atom is -0.488 e. The van der Waals surface area contributed by atoms with E-state index in [9.17, 15) is 4.79 Å². The van der Waals surface area contributed by atoms with Crippen LogP contribution in [0.5, 0.6) is 17.4 Å². The third-order valence-corrected chi connectivity index (χ3v) is 4.17. The minimum atomic E-state index is -0.177. The number of amides is 1. The van der Waals surface area contributed by atoms with Crippen LogP contribution >= 0.6 is 0 Å². The van der Waals surface area contributed by atoms with Crippen LogP contribution in [0.25, 0.3) is 0 Å². The van der Waals surface area contributed by atoms with Crippen LogP contribution < -0.4 is 14.8 Å². The lowest BCUT2D eigenvalue weighted by Gasteiger charge is -2.12. The molecule has 0 bridgehead atoms. The van der Waals surface area contributed by atoms with E-state index in [4.69, 9.17) is 9.47 Å². The predicted octanol–water partition coefficient (Wildman–Crippen LogP) is 3.61. The lowest BCUT2D eigenvalue weighted by atomic mass is 10.1. The summed E-state index contributed by atoms with van der Waals surface area (Å²) in [5.41, 5.74) is 1.66. The summed E-state index contributed by atoms with van der Waals surface area (Å²) in [5.74, 6) is 1.87. The molecule has 0 aliphatic carbocycles. The Morgan fingerprint density at radius 2 is 1.88 bits per heavy atom. The van der Waals surface area contributed by atoms with Crippen LogP contribution in [0.4, 0.5) is 0 Å². The number of nitrogens with zero attached hydrogens (tertiary/aromatic N) is 1. The zero-order chi connectivity index (χ0) is 17.8. The summed E-state index contributed by atoms with van der Waals surface area (Å²) in [4.78, 5) is 16.5. The highest BCUT2D eigenvalue weighted by molar-refractivity contribution is 5.93. The van der Waals surface area contributed by atoms with Gasteiger partial charge in [0.15, 0.2) is 0 Å². The van der Waals surface area contributed by atoms with E-state index in [1.165, 1.54) is 11.8 Å². The second-order valence-corrected chi connectivity index (χ2v) is 6.06. The number of rotatable bonds is 5. The maximum atomic E-state index is 12.3. The van der Waals surface area contributed by atoms with Crippen LogP contribution in [0.2, 0.25) is 0 Å². The van der Waals surface area contributed by atoms with Crippen LogP contribution in [-0.4, -0.2) is 23.5 Å².